The summed E-state index contributed by atoms with van der Waals surface area (Å²) in [5.74, 6) is 1.52. The smallest absolute Gasteiger partial charge is 0.255 e. The van der Waals surface area contributed by atoms with Crippen molar-refractivity contribution in [2.75, 3.05) is 21.3 Å². The highest BCUT2D eigenvalue weighted by Crippen LogP contribution is 2.30. The summed E-state index contributed by atoms with van der Waals surface area (Å²) in [7, 11) is 4.67. The van der Waals surface area contributed by atoms with E-state index in [1.807, 2.05) is 24.3 Å². The summed E-state index contributed by atoms with van der Waals surface area (Å²) in [5.41, 5.74) is 1.42. The lowest BCUT2D eigenvalue weighted by Crippen LogP contribution is -2.23. The summed E-state index contributed by atoms with van der Waals surface area (Å²) in [5, 5.41) is 2.86. The molecule has 0 heterocycles. The van der Waals surface area contributed by atoms with Crippen LogP contribution >= 0.6 is 0 Å². The molecule has 5 nitrogen and oxygen atoms in total. The quantitative estimate of drug-likeness (QED) is 0.891. The van der Waals surface area contributed by atoms with Gasteiger partial charge in [0.2, 0.25) is 0 Å². The highest BCUT2D eigenvalue weighted by molar-refractivity contribution is 5.97. The van der Waals surface area contributed by atoms with Crippen molar-refractivity contribution >= 4 is 5.91 Å². The van der Waals surface area contributed by atoms with E-state index >= 15 is 0 Å². The summed E-state index contributed by atoms with van der Waals surface area (Å²) >= 11 is 0. The number of amides is 1. The van der Waals surface area contributed by atoms with Crippen molar-refractivity contribution in [3.05, 3.63) is 53.6 Å². The second-order valence-electron chi connectivity index (χ2n) is 4.57. The summed E-state index contributed by atoms with van der Waals surface area (Å²) < 4.78 is 15.6. The number of rotatable bonds is 6. The zero-order valence-electron chi connectivity index (χ0n) is 12.9. The van der Waals surface area contributed by atoms with E-state index in [9.17, 15) is 4.79 Å². The molecule has 0 fully saturated rings. The molecule has 0 aromatic heterocycles. The molecule has 0 aliphatic rings. The molecule has 2 aromatic carbocycles. The predicted octanol–water partition coefficient (Wildman–Crippen LogP) is 2.64. The lowest BCUT2D eigenvalue weighted by molar-refractivity contribution is 0.0947. The van der Waals surface area contributed by atoms with E-state index in [2.05, 4.69) is 5.32 Å². The fraction of sp³-hybridized carbons (Fsp3) is 0.235. The van der Waals surface area contributed by atoms with E-state index in [-0.39, 0.29) is 5.91 Å². The summed E-state index contributed by atoms with van der Waals surface area (Å²) in [4.78, 5) is 12.3. The van der Waals surface area contributed by atoms with E-state index in [0.29, 0.717) is 23.6 Å². The first-order valence-electron chi connectivity index (χ1n) is 6.81. The number of para-hydroxylation sites is 1. The second kappa shape index (κ2) is 7.36. The molecule has 0 saturated heterocycles. The Morgan fingerprint density at radius 1 is 0.955 bits per heavy atom. The third-order valence-corrected chi connectivity index (χ3v) is 3.26. The van der Waals surface area contributed by atoms with Crippen LogP contribution in [0.5, 0.6) is 17.2 Å². The first-order chi connectivity index (χ1) is 10.7. The molecule has 1 amide bonds. The van der Waals surface area contributed by atoms with Gasteiger partial charge >= 0.3 is 0 Å². The molecular weight excluding hydrogens is 282 g/mol. The molecule has 2 rings (SSSR count). The molecule has 2 aromatic rings. The van der Waals surface area contributed by atoms with Crippen molar-refractivity contribution in [3.63, 3.8) is 0 Å². The van der Waals surface area contributed by atoms with Crippen LogP contribution in [-0.4, -0.2) is 27.2 Å². The molecule has 0 unspecified atom stereocenters. The SMILES string of the molecule is COc1ccc(CNC(=O)c2cccc(OC)c2OC)cc1. The third-order valence-electron chi connectivity index (χ3n) is 3.26. The minimum atomic E-state index is -0.216. The minimum absolute atomic E-state index is 0.216. The van der Waals surface area contributed by atoms with E-state index in [0.717, 1.165) is 11.3 Å². The number of ether oxygens (including phenoxy) is 3. The van der Waals surface area contributed by atoms with Crippen molar-refractivity contribution in [3.8, 4) is 17.2 Å². The lowest BCUT2D eigenvalue weighted by Gasteiger charge is -2.12. The topological polar surface area (TPSA) is 56.8 Å². The Morgan fingerprint density at radius 2 is 1.68 bits per heavy atom. The van der Waals surface area contributed by atoms with Gasteiger partial charge in [-0.05, 0) is 29.8 Å². The van der Waals surface area contributed by atoms with Crippen LogP contribution in [0, 0.1) is 0 Å². The van der Waals surface area contributed by atoms with Crippen LogP contribution in [-0.2, 0) is 6.54 Å². The average molecular weight is 301 g/mol. The van der Waals surface area contributed by atoms with Gasteiger partial charge in [0.25, 0.3) is 5.91 Å². The molecule has 0 atom stereocenters. The highest BCUT2D eigenvalue weighted by atomic mass is 16.5. The minimum Gasteiger partial charge on any atom is -0.497 e. The van der Waals surface area contributed by atoms with Gasteiger partial charge in [-0.15, -0.1) is 0 Å². The van der Waals surface area contributed by atoms with Crippen molar-refractivity contribution in [2.45, 2.75) is 6.54 Å². The molecule has 0 saturated carbocycles. The standard InChI is InChI=1S/C17H19NO4/c1-20-13-9-7-12(8-10-13)11-18-17(19)14-5-4-6-15(21-2)16(14)22-3/h4-10H,11H2,1-3H3,(H,18,19). The second-order valence-corrected chi connectivity index (χ2v) is 4.57. The third kappa shape index (κ3) is 3.49. The Hall–Kier alpha value is -2.69. The first-order valence-corrected chi connectivity index (χ1v) is 6.81. The fourth-order valence-electron chi connectivity index (χ4n) is 2.09. The monoisotopic (exact) mass is 301 g/mol. The largest absolute Gasteiger partial charge is 0.497 e. The molecule has 0 aliphatic carbocycles. The molecule has 22 heavy (non-hydrogen) atoms. The molecular formula is C17H19NO4. The van der Waals surface area contributed by atoms with Gasteiger partial charge in [-0.25, -0.2) is 0 Å². The Morgan fingerprint density at radius 3 is 2.27 bits per heavy atom. The fourth-order valence-corrected chi connectivity index (χ4v) is 2.09. The van der Waals surface area contributed by atoms with Crippen molar-refractivity contribution in [1.29, 1.82) is 0 Å². The molecule has 0 radical (unpaired) electrons. The molecule has 116 valence electrons. The van der Waals surface area contributed by atoms with Crippen LogP contribution in [0.25, 0.3) is 0 Å². The van der Waals surface area contributed by atoms with Crippen molar-refractivity contribution in [1.82, 2.24) is 5.32 Å². The van der Waals surface area contributed by atoms with Crippen LogP contribution in [0.1, 0.15) is 15.9 Å². The maximum absolute atomic E-state index is 12.3. The number of carbonyl (C=O) groups is 1. The van der Waals surface area contributed by atoms with Gasteiger partial charge in [-0.3, -0.25) is 4.79 Å². The Bertz CT molecular complexity index is 638. The number of hydrogen-bond acceptors (Lipinski definition) is 4. The van der Waals surface area contributed by atoms with E-state index < -0.39 is 0 Å². The van der Waals surface area contributed by atoms with Gasteiger partial charge < -0.3 is 19.5 Å². The van der Waals surface area contributed by atoms with Crippen LogP contribution in [0.4, 0.5) is 0 Å². The summed E-state index contributed by atoms with van der Waals surface area (Å²) in [6, 6.07) is 12.7. The summed E-state index contributed by atoms with van der Waals surface area (Å²) in [6.45, 7) is 0.420. The number of methoxy groups -OCH3 is 3. The Kier molecular flexibility index (Phi) is 5.25. The molecule has 0 bridgehead atoms. The maximum atomic E-state index is 12.3. The van der Waals surface area contributed by atoms with Crippen LogP contribution in [0.2, 0.25) is 0 Å². The van der Waals surface area contributed by atoms with E-state index in [4.69, 9.17) is 14.2 Å². The van der Waals surface area contributed by atoms with Gasteiger partial charge in [0.15, 0.2) is 11.5 Å². The van der Waals surface area contributed by atoms with Crippen LogP contribution < -0.4 is 19.5 Å². The number of benzene rings is 2. The van der Waals surface area contributed by atoms with Gasteiger partial charge in [0, 0.05) is 6.54 Å². The molecule has 1 N–H and O–H groups in total. The van der Waals surface area contributed by atoms with Crippen LogP contribution in [0.15, 0.2) is 42.5 Å². The maximum Gasteiger partial charge on any atom is 0.255 e. The number of nitrogens with one attached hydrogen (secondary N) is 1. The normalized spacial score (nSPS) is 9.95. The van der Waals surface area contributed by atoms with E-state index in [1.54, 1.807) is 25.3 Å². The Labute approximate surface area is 129 Å². The zero-order chi connectivity index (χ0) is 15.9. The van der Waals surface area contributed by atoms with Crippen LogP contribution in [0.3, 0.4) is 0 Å². The molecule has 0 spiro atoms. The number of hydrogen-bond donors (Lipinski definition) is 1. The van der Waals surface area contributed by atoms with Gasteiger partial charge in [-0.1, -0.05) is 18.2 Å². The average Bonchev–Trinajstić information content (AvgIpc) is 2.59. The Balaban J connectivity index is 2.08. The first kappa shape index (κ1) is 15.7. The van der Waals surface area contributed by atoms with E-state index in [1.165, 1.54) is 14.2 Å². The summed E-state index contributed by atoms with van der Waals surface area (Å²) in [6.07, 6.45) is 0. The highest BCUT2D eigenvalue weighted by Gasteiger charge is 2.15. The van der Waals surface area contributed by atoms with Gasteiger partial charge in [0.1, 0.15) is 5.75 Å². The predicted molar refractivity (Wildman–Crippen MR) is 83.7 cm³/mol. The number of carbonyl (C=O) groups excluding carboxylic acids is 1. The zero-order valence-corrected chi connectivity index (χ0v) is 12.9. The van der Waals surface area contributed by atoms with Gasteiger partial charge in [-0.2, -0.15) is 0 Å². The molecule has 5 heteroatoms. The van der Waals surface area contributed by atoms with Crippen molar-refractivity contribution in [2.24, 2.45) is 0 Å². The van der Waals surface area contributed by atoms with Crippen molar-refractivity contribution < 1.29 is 19.0 Å². The van der Waals surface area contributed by atoms with Gasteiger partial charge in [0.05, 0.1) is 26.9 Å². The lowest BCUT2D eigenvalue weighted by atomic mass is 10.1. The molecule has 0 aliphatic heterocycles.